The summed E-state index contributed by atoms with van der Waals surface area (Å²) in [5, 5.41) is 0. The maximum atomic E-state index is 6.65. The second-order valence-corrected chi connectivity index (χ2v) is 12.3. The van der Waals surface area contributed by atoms with Crippen LogP contribution in [0.25, 0.3) is 0 Å². The zero-order chi connectivity index (χ0) is 22.3. The maximum absolute atomic E-state index is 6.65. The van der Waals surface area contributed by atoms with Crippen LogP contribution in [0.4, 0.5) is 0 Å². The van der Waals surface area contributed by atoms with Crippen molar-refractivity contribution in [3.63, 3.8) is 0 Å². The van der Waals surface area contributed by atoms with Crippen molar-refractivity contribution in [2.45, 2.75) is 36.1 Å². The van der Waals surface area contributed by atoms with Gasteiger partial charge in [-0.15, -0.1) is 0 Å². The predicted molar refractivity (Wildman–Crippen MR) is 140 cm³/mol. The van der Waals surface area contributed by atoms with E-state index < -0.39 is 8.80 Å². The molecule has 1 atom stereocenters. The van der Waals surface area contributed by atoms with Gasteiger partial charge < -0.3 is 4.74 Å². The number of ether oxygens (including phenoxy) is 1. The number of hydrogen-bond donors (Lipinski definition) is 0. The SMILES string of the molecule is c1ccc(C(c2ccccc2)[SiH](C2CCCCO2)C(c2ccccc2)c2ccccc2)cc1. The van der Waals surface area contributed by atoms with Crippen LogP contribution in [0.5, 0.6) is 0 Å². The average molecular weight is 449 g/mol. The second kappa shape index (κ2) is 10.8. The number of benzene rings is 4. The van der Waals surface area contributed by atoms with Crippen LogP contribution in [0, 0.1) is 0 Å². The van der Waals surface area contributed by atoms with Gasteiger partial charge in [0, 0.05) is 23.4 Å². The van der Waals surface area contributed by atoms with Crippen LogP contribution < -0.4 is 0 Å². The standard InChI is InChI=1S/C31H32OSi/c1-5-15-25(16-6-1)30(26-17-7-2-8-18-26)33(29-23-13-14-24-32-29)31(27-19-9-3-10-20-27)28-21-11-4-12-22-28/h1-12,15-22,29-31,33H,13-14,23-24H2. The Bertz CT molecular complexity index is 931. The molecule has 33 heavy (non-hydrogen) atoms. The van der Waals surface area contributed by atoms with Gasteiger partial charge in [-0.1, -0.05) is 121 Å². The molecule has 0 aliphatic carbocycles. The van der Waals surface area contributed by atoms with Crippen LogP contribution in [0.3, 0.4) is 0 Å². The van der Waals surface area contributed by atoms with Gasteiger partial charge in [0.2, 0.25) is 0 Å². The largest absolute Gasteiger partial charge is 0.382 e. The lowest BCUT2D eigenvalue weighted by Gasteiger charge is -2.40. The van der Waals surface area contributed by atoms with E-state index >= 15 is 0 Å². The lowest BCUT2D eigenvalue weighted by Crippen LogP contribution is -2.46. The van der Waals surface area contributed by atoms with Crippen molar-refractivity contribution in [3.05, 3.63) is 144 Å². The summed E-state index contributed by atoms with van der Waals surface area (Å²) in [5.74, 6) is 0. The molecule has 1 saturated heterocycles. The van der Waals surface area contributed by atoms with Gasteiger partial charge in [-0.25, -0.2) is 0 Å². The van der Waals surface area contributed by atoms with E-state index in [1.165, 1.54) is 41.5 Å². The molecule has 4 aromatic carbocycles. The topological polar surface area (TPSA) is 9.23 Å². The van der Waals surface area contributed by atoms with Gasteiger partial charge in [0.15, 0.2) is 0 Å². The van der Waals surface area contributed by atoms with Crippen molar-refractivity contribution >= 4 is 8.80 Å². The molecule has 5 rings (SSSR count). The molecule has 1 aliphatic heterocycles. The zero-order valence-electron chi connectivity index (χ0n) is 19.1. The van der Waals surface area contributed by atoms with Gasteiger partial charge in [0.05, 0.1) is 8.80 Å². The van der Waals surface area contributed by atoms with Crippen molar-refractivity contribution in [2.24, 2.45) is 0 Å². The summed E-state index contributed by atoms with van der Waals surface area (Å²) in [6.07, 6.45) is 3.62. The molecule has 2 heteroatoms. The summed E-state index contributed by atoms with van der Waals surface area (Å²) in [7, 11) is -1.67. The third kappa shape index (κ3) is 5.03. The van der Waals surface area contributed by atoms with Gasteiger partial charge in [-0.3, -0.25) is 0 Å². The highest BCUT2D eigenvalue weighted by molar-refractivity contribution is 6.65. The molecule has 0 spiro atoms. The molecule has 1 heterocycles. The summed E-state index contributed by atoms with van der Waals surface area (Å²) >= 11 is 0. The molecular weight excluding hydrogens is 416 g/mol. The fourth-order valence-corrected chi connectivity index (χ4v) is 10.5. The first-order chi connectivity index (χ1) is 16.4. The first-order valence-corrected chi connectivity index (χ1v) is 14.2. The Hall–Kier alpha value is -2.94. The van der Waals surface area contributed by atoms with E-state index in [-0.39, 0.29) is 0 Å². The maximum Gasteiger partial charge on any atom is 0.0968 e. The van der Waals surface area contributed by atoms with E-state index in [0.29, 0.717) is 16.8 Å². The number of rotatable bonds is 7. The minimum absolute atomic E-state index is 0.342. The normalized spacial score (nSPS) is 16.4. The Labute approximate surface area is 199 Å². The molecule has 0 bridgehead atoms. The Morgan fingerprint density at radius 2 is 0.879 bits per heavy atom. The molecule has 0 aromatic heterocycles. The van der Waals surface area contributed by atoms with E-state index in [1.54, 1.807) is 0 Å². The minimum Gasteiger partial charge on any atom is -0.382 e. The fourth-order valence-electron chi connectivity index (χ4n) is 5.61. The van der Waals surface area contributed by atoms with Crippen LogP contribution >= 0.6 is 0 Å². The second-order valence-electron chi connectivity index (χ2n) is 9.08. The molecule has 1 unspecified atom stereocenters. The lowest BCUT2D eigenvalue weighted by atomic mass is 10.0. The van der Waals surface area contributed by atoms with E-state index in [2.05, 4.69) is 121 Å². The van der Waals surface area contributed by atoms with E-state index in [4.69, 9.17) is 4.74 Å². The Balaban J connectivity index is 1.72. The monoisotopic (exact) mass is 448 g/mol. The van der Waals surface area contributed by atoms with Gasteiger partial charge in [-0.2, -0.15) is 0 Å². The van der Waals surface area contributed by atoms with Crippen molar-refractivity contribution in [1.82, 2.24) is 0 Å². The van der Waals surface area contributed by atoms with Crippen LogP contribution in [0.2, 0.25) is 0 Å². The lowest BCUT2D eigenvalue weighted by molar-refractivity contribution is 0.0609. The van der Waals surface area contributed by atoms with Crippen molar-refractivity contribution < 1.29 is 4.74 Å². The van der Waals surface area contributed by atoms with Gasteiger partial charge >= 0.3 is 0 Å². The molecule has 1 fully saturated rings. The third-order valence-corrected chi connectivity index (χ3v) is 11.5. The van der Waals surface area contributed by atoms with Gasteiger partial charge in [0.25, 0.3) is 0 Å². The molecule has 4 aromatic rings. The quantitative estimate of drug-likeness (QED) is 0.275. The third-order valence-electron chi connectivity index (χ3n) is 7.05. The smallest absolute Gasteiger partial charge is 0.0968 e. The number of hydrogen-bond acceptors (Lipinski definition) is 1. The molecular formula is C31H32OSi. The molecule has 0 N–H and O–H groups in total. The van der Waals surface area contributed by atoms with Crippen LogP contribution in [-0.2, 0) is 4.74 Å². The molecule has 0 amide bonds. The summed E-state index contributed by atoms with van der Waals surface area (Å²) in [6.45, 7) is 0.890. The van der Waals surface area contributed by atoms with Gasteiger partial charge in [0.1, 0.15) is 0 Å². The molecule has 1 nitrogen and oxygen atoms in total. The zero-order valence-corrected chi connectivity index (χ0v) is 20.2. The summed E-state index contributed by atoms with van der Waals surface area (Å²) in [4.78, 5) is 0. The van der Waals surface area contributed by atoms with Crippen LogP contribution in [0.15, 0.2) is 121 Å². The highest BCUT2D eigenvalue weighted by Gasteiger charge is 2.41. The van der Waals surface area contributed by atoms with E-state index in [9.17, 15) is 0 Å². The van der Waals surface area contributed by atoms with Crippen LogP contribution in [-0.4, -0.2) is 21.1 Å². The molecule has 0 saturated carbocycles. The highest BCUT2D eigenvalue weighted by Crippen LogP contribution is 2.41. The summed E-state index contributed by atoms with van der Waals surface area (Å²) < 4.78 is 6.65. The predicted octanol–water partition coefficient (Wildman–Crippen LogP) is 7.06. The van der Waals surface area contributed by atoms with E-state index in [1.807, 2.05) is 0 Å². The van der Waals surface area contributed by atoms with Gasteiger partial charge in [-0.05, 0) is 41.5 Å². The van der Waals surface area contributed by atoms with E-state index in [0.717, 1.165) is 6.61 Å². The highest BCUT2D eigenvalue weighted by atomic mass is 28.3. The van der Waals surface area contributed by atoms with Crippen molar-refractivity contribution in [3.8, 4) is 0 Å². The van der Waals surface area contributed by atoms with Crippen LogP contribution in [0.1, 0.15) is 52.6 Å². The Morgan fingerprint density at radius 1 is 0.515 bits per heavy atom. The Kier molecular flexibility index (Phi) is 7.15. The average Bonchev–Trinajstić information content (AvgIpc) is 2.91. The Morgan fingerprint density at radius 3 is 1.18 bits per heavy atom. The first-order valence-electron chi connectivity index (χ1n) is 12.2. The summed E-state index contributed by atoms with van der Waals surface area (Å²) in [5.41, 5.74) is 6.78. The minimum atomic E-state index is -1.67. The molecule has 1 aliphatic rings. The fraction of sp³-hybridized carbons (Fsp3) is 0.226. The molecule has 166 valence electrons. The molecule has 0 radical (unpaired) electrons. The van der Waals surface area contributed by atoms with Crippen molar-refractivity contribution in [2.75, 3.05) is 6.61 Å². The van der Waals surface area contributed by atoms with Crippen molar-refractivity contribution in [1.29, 1.82) is 0 Å². The first kappa shape index (κ1) is 21.9. The summed E-state index contributed by atoms with van der Waals surface area (Å²) in [6, 6.07) is 44.7.